The third-order valence-electron chi connectivity index (χ3n) is 4.67. The van der Waals surface area contributed by atoms with Crippen molar-refractivity contribution in [1.82, 2.24) is 9.78 Å². The summed E-state index contributed by atoms with van der Waals surface area (Å²) < 4.78 is 15.9. The van der Waals surface area contributed by atoms with E-state index in [2.05, 4.69) is 10.4 Å². The Balaban J connectivity index is 1.81. The molecular formula is C19H19FN6O. The van der Waals surface area contributed by atoms with E-state index in [4.69, 9.17) is 11.5 Å². The summed E-state index contributed by atoms with van der Waals surface area (Å²) in [4.78, 5) is 14.8. The molecule has 0 unspecified atom stereocenters. The maximum absolute atomic E-state index is 14.2. The molecule has 1 amide bonds. The van der Waals surface area contributed by atoms with Gasteiger partial charge < -0.3 is 21.7 Å². The highest BCUT2D eigenvalue weighted by Gasteiger charge is 2.27. The zero-order valence-electron chi connectivity index (χ0n) is 14.7. The summed E-state index contributed by atoms with van der Waals surface area (Å²) in [7, 11) is 1.82. The van der Waals surface area contributed by atoms with Gasteiger partial charge in [-0.15, -0.1) is 0 Å². The number of halogens is 1. The number of anilines is 4. The molecule has 0 bridgehead atoms. The fourth-order valence-corrected chi connectivity index (χ4v) is 3.22. The van der Waals surface area contributed by atoms with Crippen LogP contribution >= 0.6 is 0 Å². The first-order valence-corrected chi connectivity index (χ1v) is 8.45. The van der Waals surface area contributed by atoms with Gasteiger partial charge in [0.1, 0.15) is 11.6 Å². The van der Waals surface area contributed by atoms with Gasteiger partial charge >= 0.3 is 0 Å². The number of aromatic nitrogens is 2. The zero-order chi connectivity index (χ0) is 19.1. The molecule has 138 valence electrons. The number of rotatable bonds is 2. The number of carbonyl (C=O) groups is 1. The predicted octanol–water partition coefficient (Wildman–Crippen LogP) is 2.50. The van der Waals surface area contributed by atoms with E-state index in [-0.39, 0.29) is 18.0 Å². The van der Waals surface area contributed by atoms with Crippen LogP contribution < -0.4 is 21.7 Å². The van der Waals surface area contributed by atoms with Crippen molar-refractivity contribution in [3.05, 3.63) is 65.1 Å². The van der Waals surface area contributed by atoms with Crippen molar-refractivity contribution in [1.29, 1.82) is 0 Å². The van der Waals surface area contributed by atoms with E-state index in [1.165, 1.54) is 12.1 Å². The lowest BCUT2D eigenvalue weighted by molar-refractivity contribution is 0.0985. The molecule has 7 nitrogen and oxygen atoms in total. The summed E-state index contributed by atoms with van der Waals surface area (Å²) in [5.41, 5.74) is 14.8. The largest absolute Gasteiger partial charge is 0.399 e. The Morgan fingerprint density at radius 3 is 2.85 bits per heavy atom. The van der Waals surface area contributed by atoms with Crippen molar-refractivity contribution < 1.29 is 9.18 Å². The van der Waals surface area contributed by atoms with Gasteiger partial charge in [-0.1, -0.05) is 6.07 Å². The average Bonchev–Trinajstić information content (AvgIpc) is 2.90. The number of aryl methyl sites for hydroxylation is 1. The number of amides is 1. The van der Waals surface area contributed by atoms with Gasteiger partial charge in [0.15, 0.2) is 0 Å². The van der Waals surface area contributed by atoms with Crippen molar-refractivity contribution in [2.45, 2.75) is 13.1 Å². The summed E-state index contributed by atoms with van der Waals surface area (Å²) in [5, 5.41) is 7.54. The minimum absolute atomic E-state index is 0.0785. The molecule has 0 radical (unpaired) electrons. The smallest absolute Gasteiger partial charge is 0.258 e. The van der Waals surface area contributed by atoms with Gasteiger partial charge in [-0.05, 0) is 30.3 Å². The monoisotopic (exact) mass is 366 g/mol. The van der Waals surface area contributed by atoms with Crippen LogP contribution in [0, 0.1) is 5.82 Å². The number of carbonyl (C=O) groups excluding carboxylic acids is 1. The molecule has 5 N–H and O–H groups in total. The van der Waals surface area contributed by atoms with Crippen LogP contribution in [0.15, 0.2) is 42.6 Å². The number of hydrogen-bond acceptors (Lipinski definition) is 5. The third-order valence-corrected chi connectivity index (χ3v) is 4.67. The molecule has 8 heteroatoms. The van der Waals surface area contributed by atoms with E-state index in [0.717, 1.165) is 11.4 Å². The molecule has 27 heavy (non-hydrogen) atoms. The van der Waals surface area contributed by atoms with E-state index in [1.807, 2.05) is 7.05 Å². The van der Waals surface area contributed by atoms with Crippen LogP contribution in [0.3, 0.4) is 0 Å². The molecule has 1 aromatic heterocycles. The average molecular weight is 366 g/mol. The highest BCUT2D eigenvalue weighted by atomic mass is 19.1. The molecule has 0 spiro atoms. The van der Waals surface area contributed by atoms with Crippen LogP contribution in [0.2, 0.25) is 0 Å². The van der Waals surface area contributed by atoms with Gasteiger partial charge in [0.2, 0.25) is 0 Å². The molecule has 1 aliphatic heterocycles. The number of nitrogen functional groups attached to an aromatic ring is 1. The van der Waals surface area contributed by atoms with Crippen molar-refractivity contribution in [2.75, 3.05) is 16.0 Å². The second-order valence-electron chi connectivity index (χ2n) is 6.45. The van der Waals surface area contributed by atoms with E-state index in [1.54, 1.807) is 40.0 Å². The molecule has 2 aromatic carbocycles. The molecule has 0 saturated heterocycles. The minimum Gasteiger partial charge on any atom is -0.399 e. The van der Waals surface area contributed by atoms with Gasteiger partial charge in [-0.25, -0.2) is 4.39 Å². The summed E-state index contributed by atoms with van der Waals surface area (Å²) in [6, 6.07) is 9.62. The summed E-state index contributed by atoms with van der Waals surface area (Å²) in [5.74, 6) is -0.0281. The first-order chi connectivity index (χ1) is 13.0. The van der Waals surface area contributed by atoms with Gasteiger partial charge in [-0.3, -0.25) is 9.48 Å². The Bertz CT molecular complexity index is 1040. The quantitative estimate of drug-likeness (QED) is 0.605. The van der Waals surface area contributed by atoms with Crippen LogP contribution in [-0.4, -0.2) is 15.7 Å². The Kier molecular flexibility index (Phi) is 4.04. The second kappa shape index (κ2) is 6.40. The first kappa shape index (κ1) is 17.0. The molecule has 0 saturated carbocycles. The molecular weight excluding hydrogens is 347 g/mol. The van der Waals surface area contributed by atoms with Crippen LogP contribution in [0.1, 0.15) is 21.5 Å². The third kappa shape index (κ3) is 2.89. The Morgan fingerprint density at radius 2 is 2.11 bits per heavy atom. The molecule has 0 fully saturated rings. The highest BCUT2D eigenvalue weighted by Crippen LogP contribution is 2.37. The van der Waals surface area contributed by atoms with Gasteiger partial charge in [0, 0.05) is 36.0 Å². The van der Waals surface area contributed by atoms with Gasteiger partial charge in [-0.2, -0.15) is 5.10 Å². The van der Waals surface area contributed by atoms with Crippen molar-refractivity contribution in [3.63, 3.8) is 0 Å². The number of nitrogens with one attached hydrogen (secondary N) is 1. The standard InChI is InChI=1S/C19H19FN6O/c1-25-18-13(9-23-25)10-26(17-5-4-14(22)7-16(17)24-18)19(27)11-2-3-12(8-21)15(20)6-11/h2-7,9,24H,8,10,21-22H2,1H3. The van der Waals surface area contributed by atoms with Gasteiger partial charge in [0.25, 0.3) is 5.91 Å². The highest BCUT2D eigenvalue weighted by molar-refractivity contribution is 6.08. The summed E-state index contributed by atoms with van der Waals surface area (Å²) in [6.07, 6.45) is 1.70. The van der Waals surface area contributed by atoms with E-state index in [9.17, 15) is 9.18 Å². The molecule has 0 aliphatic carbocycles. The lowest BCUT2D eigenvalue weighted by Crippen LogP contribution is -2.30. The fourth-order valence-electron chi connectivity index (χ4n) is 3.22. The number of nitrogens with two attached hydrogens (primary N) is 2. The van der Waals surface area contributed by atoms with Crippen LogP contribution in [-0.2, 0) is 20.1 Å². The molecule has 1 aliphatic rings. The zero-order valence-corrected chi connectivity index (χ0v) is 14.7. The Morgan fingerprint density at radius 1 is 1.30 bits per heavy atom. The van der Waals surface area contributed by atoms with Crippen LogP contribution in [0.4, 0.5) is 27.3 Å². The maximum Gasteiger partial charge on any atom is 0.258 e. The Hall–Kier alpha value is -3.39. The normalized spacial score (nSPS) is 12.8. The maximum atomic E-state index is 14.2. The molecule has 4 rings (SSSR count). The number of nitrogens with zero attached hydrogens (tertiary/aromatic N) is 3. The van der Waals surface area contributed by atoms with E-state index >= 15 is 0 Å². The van der Waals surface area contributed by atoms with Crippen molar-refractivity contribution in [2.24, 2.45) is 12.8 Å². The SMILES string of the molecule is Cn1ncc2c1Nc1cc(N)ccc1N(C(=O)c1ccc(CN)c(F)c1)C2. The first-order valence-electron chi connectivity index (χ1n) is 8.45. The van der Waals surface area contributed by atoms with Crippen LogP contribution in [0.25, 0.3) is 0 Å². The number of hydrogen-bond donors (Lipinski definition) is 3. The lowest BCUT2D eigenvalue weighted by atomic mass is 10.1. The van der Waals surface area contributed by atoms with E-state index in [0.29, 0.717) is 29.2 Å². The topological polar surface area (TPSA) is 102 Å². The molecule has 2 heterocycles. The van der Waals surface area contributed by atoms with Crippen molar-refractivity contribution in [3.8, 4) is 0 Å². The van der Waals surface area contributed by atoms with Gasteiger partial charge in [0.05, 0.1) is 24.1 Å². The minimum atomic E-state index is -0.490. The molecule has 3 aromatic rings. The van der Waals surface area contributed by atoms with Crippen LogP contribution in [0.5, 0.6) is 0 Å². The Labute approximate surface area is 155 Å². The predicted molar refractivity (Wildman–Crippen MR) is 102 cm³/mol. The summed E-state index contributed by atoms with van der Waals surface area (Å²) >= 11 is 0. The fraction of sp³-hybridized carbons (Fsp3) is 0.158. The van der Waals surface area contributed by atoms with Crippen molar-refractivity contribution >= 4 is 28.8 Å². The second-order valence-corrected chi connectivity index (χ2v) is 6.45. The lowest BCUT2D eigenvalue weighted by Gasteiger charge is -2.23. The summed E-state index contributed by atoms with van der Waals surface area (Å²) in [6.45, 7) is 0.376. The van der Waals surface area contributed by atoms with E-state index < -0.39 is 5.82 Å². The number of fused-ring (bicyclic) bond motifs is 2. The number of benzene rings is 2. The molecule has 0 atom stereocenters.